The van der Waals surface area contributed by atoms with Gasteiger partial charge in [0.05, 0.1) is 0 Å². The molecule has 0 aliphatic carbocycles. The molecule has 18 heavy (non-hydrogen) atoms. The molecular weight excluding hydrogens is 218 g/mol. The van der Waals surface area contributed by atoms with Crippen LogP contribution in [0.4, 0.5) is 0 Å². The summed E-state index contributed by atoms with van der Waals surface area (Å²) in [4.78, 5) is 0. The van der Waals surface area contributed by atoms with Gasteiger partial charge in [0.25, 0.3) is 0 Å². The van der Waals surface area contributed by atoms with Crippen LogP contribution < -0.4 is 5.32 Å². The average Bonchev–Trinajstić information content (AvgIpc) is 2.25. The summed E-state index contributed by atoms with van der Waals surface area (Å²) in [6.07, 6.45) is 3.49. The molecule has 1 N–H and O–H groups in total. The quantitative estimate of drug-likeness (QED) is 0.777. The van der Waals surface area contributed by atoms with E-state index in [0.717, 1.165) is 6.42 Å². The lowest BCUT2D eigenvalue weighted by Gasteiger charge is -2.48. The van der Waals surface area contributed by atoms with E-state index in [1.807, 2.05) is 0 Å². The number of piperidine rings is 1. The first-order chi connectivity index (χ1) is 8.30. The van der Waals surface area contributed by atoms with Crippen LogP contribution in [0.3, 0.4) is 0 Å². The van der Waals surface area contributed by atoms with Gasteiger partial charge in [0.15, 0.2) is 0 Å². The van der Waals surface area contributed by atoms with Gasteiger partial charge in [-0.15, -0.1) is 0 Å². The second-order valence-corrected chi connectivity index (χ2v) is 6.76. The summed E-state index contributed by atoms with van der Waals surface area (Å²) in [5.74, 6) is 0.561. The van der Waals surface area contributed by atoms with E-state index in [4.69, 9.17) is 0 Å². The van der Waals surface area contributed by atoms with Crippen LogP contribution in [0.15, 0.2) is 35.9 Å². The molecule has 1 heteroatoms. The molecule has 0 radical (unpaired) electrons. The van der Waals surface area contributed by atoms with Crippen molar-refractivity contribution in [2.45, 2.75) is 52.1 Å². The third-order valence-electron chi connectivity index (χ3n) is 4.10. The predicted octanol–water partition coefficient (Wildman–Crippen LogP) is 4.26. The third kappa shape index (κ3) is 2.84. The lowest BCUT2D eigenvalue weighted by Crippen LogP contribution is -2.59. The minimum atomic E-state index is 0.155. The van der Waals surface area contributed by atoms with E-state index in [9.17, 15) is 0 Å². The molecule has 1 fully saturated rings. The molecule has 0 saturated carbocycles. The van der Waals surface area contributed by atoms with E-state index in [1.165, 1.54) is 5.56 Å². The maximum Gasteiger partial charge on any atom is 0.0192 e. The zero-order chi connectivity index (χ0) is 13.4. The van der Waals surface area contributed by atoms with Crippen LogP contribution in [0, 0.1) is 5.92 Å². The van der Waals surface area contributed by atoms with Crippen molar-refractivity contribution in [1.82, 2.24) is 5.32 Å². The lowest BCUT2D eigenvalue weighted by molar-refractivity contribution is 0.172. The van der Waals surface area contributed by atoms with Crippen molar-refractivity contribution in [3.63, 3.8) is 0 Å². The highest BCUT2D eigenvalue weighted by Gasteiger charge is 2.39. The minimum absolute atomic E-state index is 0.155. The Bertz CT molecular complexity index is 440. The molecule has 0 aromatic heterocycles. The summed E-state index contributed by atoms with van der Waals surface area (Å²) in [5.41, 5.74) is 3.20. The number of hydrogen-bond acceptors (Lipinski definition) is 1. The smallest absolute Gasteiger partial charge is 0.0192 e. The molecule has 1 nitrogen and oxygen atoms in total. The van der Waals surface area contributed by atoms with Gasteiger partial charge in [0, 0.05) is 11.1 Å². The molecule has 0 spiro atoms. The molecule has 0 bridgehead atoms. The predicted molar refractivity (Wildman–Crippen MR) is 79.5 cm³/mol. The Morgan fingerprint density at radius 1 is 1.11 bits per heavy atom. The summed E-state index contributed by atoms with van der Waals surface area (Å²) in [6.45, 7) is 11.5. The Balaban J connectivity index is 2.34. The van der Waals surface area contributed by atoms with Gasteiger partial charge >= 0.3 is 0 Å². The Kier molecular flexibility index (Phi) is 3.37. The Labute approximate surface area is 111 Å². The van der Waals surface area contributed by atoms with Crippen molar-refractivity contribution in [3.05, 3.63) is 41.5 Å². The SMILES string of the molecule is CC1C(=Cc2ccccc2)CC(C)(C)NC1(C)C. The van der Waals surface area contributed by atoms with E-state index in [0.29, 0.717) is 5.92 Å². The van der Waals surface area contributed by atoms with Gasteiger partial charge in [0.1, 0.15) is 0 Å². The van der Waals surface area contributed by atoms with Crippen LogP contribution >= 0.6 is 0 Å². The van der Waals surface area contributed by atoms with E-state index in [1.54, 1.807) is 5.57 Å². The Hall–Kier alpha value is -1.08. The van der Waals surface area contributed by atoms with Gasteiger partial charge in [-0.2, -0.15) is 0 Å². The molecule has 1 saturated heterocycles. The van der Waals surface area contributed by atoms with Crippen molar-refractivity contribution < 1.29 is 0 Å². The topological polar surface area (TPSA) is 12.0 Å². The van der Waals surface area contributed by atoms with Gasteiger partial charge in [-0.3, -0.25) is 0 Å². The largest absolute Gasteiger partial charge is 0.306 e. The minimum Gasteiger partial charge on any atom is -0.306 e. The molecule has 1 aliphatic heterocycles. The fourth-order valence-corrected chi connectivity index (χ4v) is 3.09. The molecule has 1 unspecified atom stereocenters. The molecule has 1 aliphatic rings. The fourth-order valence-electron chi connectivity index (χ4n) is 3.09. The number of hydrogen-bond donors (Lipinski definition) is 1. The molecule has 1 aromatic rings. The van der Waals surface area contributed by atoms with Crippen molar-refractivity contribution in [2.24, 2.45) is 5.92 Å². The number of nitrogens with one attached hydrogen (secondary N) is 1. The van der Waals surface area contributed by atoms with Crippen LogP contribution in [-0.2, 0) is 0 Å². The number of rotatable bonds is 1. The first kappa shape index (κ1) is 13.4. The lowest BCUT2D eigenvalue weighted by atomic mass is 9.72. The normalized spacial score (nSPS) is 28.3. The van der Waals surface area contributed by atoms with Crippen LogP contribution in [0.1, 0.15) is 46.6 Å². The highest BCUT2D eigenvalue weighted by atomic mass is 15.1. The average molecular weight is 243 g/mol. The molecule has 2 rings (SSSR count). The Morgan fingerprint density at radius 2 is 1.72 bits per heavy atom. The van der Waals surface area contributed by atoms with Gasteiger partial charge in [-0.05, 0) is 45.6 Å². The summed E-state index contributed by atoms with van der Waals surface area (Å²) >= 11 is 0. The molecule has 1 heterocycles. The van der Waals surface area contributed by atoms with E-state index >= 15 is 0 Å². The first-order valence-electron chi connectivity index (χ1n) is 6.85. The molecule has 98 valence electrons. The monoisotopic (exact) mass is 243 g/mol. The summed E-state index contributed by atoms with van der Waals surface area (Å²) in [7, 11) is 0. The van der Waals surface area contributed by atoms with Crippen LogP contribution in [0.25, 0.3) is 6.08 Å². The summed E-state index contributed by atoms with van der Waals surface area (Å²) < 4.78 is 0. The van der Waals surface area contributed by atoms with Gasteiger partial charge in [-0.1, -0.05) is 48.9 Å². The maximum absolute atomic E-state index is 3.76. The van der Waals surface area contributed by atoms with Crippen LogP contribution in [0.2, 0.25) is 0 Å². The van der Waals surface area contributed by atoms with Crippen molar-refractivity contribution in [1.29, 1.82) is 0 Å². The van der Waals surface area contributed by atoms with Gasteiger partial charge in [-0.25, -0.2) is 0 Å². The highest BCUT2D eigenvalue weighted by Crippen LogP contribution is 2.38. The van der Waals surface area contributed by atoms with E-state index in [2.05, 4.69) is 76.3 Å². The fraction of sp³-hybridized carbons (Fsp3) is 0.529. The van der Waals surface area contributed by atoms with Gasteiger partial charge < -0.3 is 5.32 Å². The van der Waals surface area contributed by atoms with Crippen molar-refractivity contribution >= 4 is 6.08 Å². The molecule has 1 aromatic carbocycles. The summed E-state index contributed by atoms with van der Waals surface area (Å²) in [6, 6.07) is 10.6. The molecular formula is C17H25N. The third-order valence-corrected chi connectivity index (χ3v) is 4.10. The maximum atomic E-state index is 3.76. The van der Waals surface area contributed by atoms with E-state index in [-0.39, 0.29) is 11.1 Å². The van der Waals surface area contributed by atoms with Crippen LogP contribution in [-0.4, -0.2) is 11.1 Å². The van der Waals surface area contributed by atoms with Crippen LogP contribution in [0.5, 0.6) is 0 Å². The molecule has 1 atom stereocenters. The zero-order valence-electron chi connectivity index (χ0n) is 12.2. The zero-order valence-corrected chi connectivity index (χ0v) is 12.2. The van der Waals surface area contributed by atoms with Gasteiger partial charge in [0.2, 0.25) is 0 Å². The Morgan fingerprint density at radius 3 is 2.33 bits per heavy atom. The highest BCUT2D eigenvalue weighted by molar-refractivity contribution is 5.54. The van der Waals surface area contributed by atoms with Crippen molar-refractivity contribution in [3.8, 4) is 0 Å². The molecule has 0 amide bonds. The summed E-state index contributed by atoms with van der Waals surface area (Å²) in [5, 5.41) is 3.76. The standard InChI is InChI=1S/C17H25N/c1-13-15(11-14-9-7-6-8-10-14)12-16(2,3)18-17(13,4)5/h6-11,13,18H,12H2,1-5H3. The van der Waals surface area contributed by atoms with Crippen molar-refractivity contribution in [2.75, 3.05) is 0 Å². The number of benzene rings is 1. The second kappa shape index (κ2) is 4.55. The first-order valence-corrected chi connectivity index (χ1v) is 6.85. The second-order valence-electron chi connectivity index (χ2n) is 6.76. The van der Waals surface area contributed by atoms with E-state index < -0.39 is 0 Å².